The van der Waals surface area contributed by atoms with Crippen LogP contribution in [0.1, 0.15) is 220 Å². The van der Waals surface area contributed by atoms with Crippen LogP contribution in [0, 0.1) is 11.8 Å². The molecule has 0 radical (unpaired) electrons. The van der Waals surface area contributed by atoms with Gasteiger partial charge in [-0.3, -0.25) is 4.79 Å². The van der Waals surface area contributed by atoms with E-state index in [9.17, 15) is 9.59 Å². The third-order valence-electron chi connectivity index (χ3n) is 12.3. The summed E-state index contributed by atoms with van der Waals surface area (Å²) in [5.41, 5.74) is 0. The molecule has 1 rings (SSSR count). The Bertz CT molecular complexity index is 1120. The Morgan fingerprint density at radius 3 is 1.51 bits per heavy atom. The van der Waals surface area contributed by atoms with E-state index in [1.807, 2.05) is 21.1 Å². The number of nitrogens with zero attached hydrogens (tertiary/aromatic N) is 2. The highest BCUT2D eigenvalue weighted by Crippen LogP contribution is 2.39. The molecule has 6 nitrogen and oxygen atoms in total. The number of likely N-dealkylation sites (N-methyl/N-ethyl adjacent to an activating group) is 2. The molecule has 1 amide bonds. The first-order valence-electron chi connectivity index (χ1n) is 25.8. The predicted molar refractivity (Wildman–Crippen MR) is 264 cm³/mol. The second kappa shape index (κ2) is 41.4. The molecule has 1 aliphatic rings. The van der Waals surface area contributed by atoms with E-state index in [4.69, 9.17) is 9.47 Å². The van der Waals surface area contributed by atoms with Crippen LogP contribution in [0.2, 0.25) is 0 Å². The van der Waals surface area contributed by atoms with Crippen molar-refractivity contribution in [1.29, 1.82) is 0 Å². The van der Waals surface area contributed by atoms with Crippen LogP contribution < -0.4 is 0 Å². The normalized spacial score (nSPS) is 17.2. The second-order valence-electron chi connectivity index (χ2n) is 18.3. The number of ether oxygens (including phenoxy) is 2. The molecule has 1 aliphatic carbocycles. The van der Waals surface area contributed by atoms with Crippen molar-refractivity contribution in [3.8, 4) is 0 Å². The van der Waals surface area contributed by atoms with Gasteiger partial charge >= 0.3 is 12.1 Å². The van der Waals surface area contributed by atoms with Gasteiger partial charge in [0, 0.05) is 32.5 Å². The molecule has 0 saturated heterocycles. The highest BCUT2D eigenvalue weighted by atomic mass is 16.6. The van der Waals surface area contributed by atoms with Gasteiger partial charge in [-0.1, -0.05) is 159 Å². The Morgan fingerprint density at radius 2 is 1.03 bits per heavy atom. The standard InChI is InChI=1S/C55H98N2O4/c1-7-10-13-15-17-19-21-23-25-27-29-31-33-35-37-40-42-51(43-41-38-36-34-32-30-28-26-24-22-20-18-16-14-11-8-2)60-54(58)49-50-45-46-53(52(50)44-39-12-9-3)61-55(59)57(6)48-47-56(4)5/h12,17-20,23-26,39,50-53H,7-11,13-16,21-22,27-38,40-49H2,1-6H3/b19-17-,20-18-,25-23-,26-24-,39-12-. The average molecular weight is 851 g/mol. The minimum atomic E-state index is -0.263. The molecule has 1 saturated carbocycles. The van der Waals surface area contributed by atoms with E-state index in [1.54, 1.807) is 4.90 Å². The van der Waals surface area contributed by atoms with E-state index in [0.717, 1.165) is 70.8 Å². The summed E-state index contributed by atoms with van der Waals surface area (Å²) in [6, 6.07) is 0. The quantitative estimate of drug-likeness (QED) is 0.0349. The molecule has 0 heterocycles. The maximum atomic E-state index is 13.6. The van der Waals surface area contributed by atoms with Crippen molar-refractivity contribution >= 4 is 12.1 Å². The maximum absolute atomic E-state index is 13.6. The van der Waals surface area contributed by atoms with E-state index in [-0.39, 0.29) is 36.1 Å². The topological polar surface area (TPSA) is 59.1 Å². The fraction of sp³-hybridized carbons (Fsp3) is 0.782. The van der Waals surface area contributed by atoms with Crippen molar-refractivity contribution in [3.63, 3.8) is 0 Å². The van der Waals surface area contributed by atoms with E-state index in [1.165, 1.54) is 128 Å². The van der Waals surface area contributed by atoms with Crippen LogP contribution in [-0.4, -0.2) is 68.3 Å². The monoisotopic (exact) mass is 851 g/mol. The van der Waals surface area contributed by atoms with E-state index in [2.05, 4.69) is 86.4 Å². The summed E-state index contributed by atoms with van der Waals surface area (Å²) >= 11 is 0. The number of esters is 1. The van der Waals surface area contributed by atoms with Gasteiger partial charge in [0.1, 0.15) is 12.2 Å². The van der Waals surface area contributed by atoms with Crippen molar-refractivity contribution in [2.45, 2.75) is 232 Å². The molecule has 6 heteroatoms. The molecule has 0 aliphatic heterocycles. The number of amides is 1. The van der Waals surface area contributed by atoms with Crippen LogP contribution in [0.3, 0.4) is 0 Å². The third-order valence-corrected chi connectivity index (χ3v) is 12.3. The van der Waals surface area contributed by atoms with Gasteiger partial charge in [-0.25, -0.2) is 4.79 Å². The predicted octanol–water partition coefficient (Wildman–Crippen LogP) is 16.1. The molecule has 61 heavy (non-hydrogen) atoms. The highest BCUT2D eigenvalue weighted by Gasteiger charge is 2.39. The number of carbonyl (C=O) groups excluding carboxylic acids is 2. The molecule has 0 N–H and O–H groups in total. The fourth-order valence-electron chi connectivity index (χ4n) is 8.37. The van der Waals surface area contributed by atoms with Crippen molar-refractivity contribution in [3.05, 3.63) is 60.8 Å². The molecule has 0 spiro atoms. The molecular weight excluding hydrogens is 753 g/mol. The minimum Gasteiger partial charge on any atom is -0.462 e. The summed E-state index contributed by atoms with van der Waals surface area (Å²) < 4.78 is 12.4. The lowest BCUT2D eigenvalue weighted by atomic mass is 9.88. The van der Waals surface area contributed by atoms with Gasteiger partial charge in [-0.05, 0) is 136 Å². The smallest absolute Gasteiger partial charge is 0.409 e. The van der Waals surface area contributed by atoms with Gasteiger partial charge in [0.15, 0.2) is 0 Å². The van der Waals surface area contributed by atoms with Gasteiger partial charge < -0.3 is 19.3 Å². The summed E-state index contributed by atoms with van der Waals surface area (Å²) in [5, 5.41) is 0. The zero-order valence-electron chi connectivity index (χ0n) is 40.9. The summed E-state index contributed by atoms with van der Waals surface area (Å²) in [5.74, 6) is 0.248. The Labute approximate surface area is 378 Å². The van der Waals surface area contributed by atoms with Gasteiger partial charge in [0.05, 0.1) is 0 Å². The number of unbranched alkanes of at least 4 members (excludes halogenated alkanes) is 18. The fourth-order valence-corrected chi connectivity index (χ4v) is 8.37. The van der Waals surface area contributed by atoms with E-state index < -0.39 is 0 Å². The Morgan fingerprint density at radius 1 is 0.557 bits per heavy atom. The van der Waals surface area contributed by atoms with Crippen molar-refractivity contribution in [2.24, 2.45) is 11.8 Å². The number of hydrogen-bond donors (Lipinski definition) is 0. The lowest BCUT2D eigenvalue weighted by molar-refractivity contribution is -0.151. The summed E-state index contributed by atoms with van der Waals surface area (Å²) in [6.07, 6.45) is 58.2. The number of hydrogen-bond acceptors (Lipinski definition) is 5. The first-order valence-corrected chi connectivity index (χ1v) is 25.8. The third kappa shape index (κ3) is 33.6. The molecule has 3 unspecified atom stereocenters. The summed E-state index contributed by atoms with van der Waals surface area (Å²) in [4.78, 5) is 30.4. The number of rotatable bonds is 40. The first kappa shape index (κ1) is 56.4. The van der Waals surface area contributed by atoms with Crippen LogP contribution in [0.15, 0.2) is 60.8 Å². The van der Waals surface area contributed by atoms with Gasteiger partial charge in [0.25, 0.3) is 0 Å². The molecule has 352 valence electrons. The summed E-state index contributed by atoms with van der Waals surface area (Å²) in [6.45, 7) is 8.08. The van der Waals surface area contributed by atoms with Crippen LogP contribution >= 0.6 is 0 Å². The minimum absolute atomic E-state index is 0.00275. The van der Waals surface area contributed by atoms with Crippen molar-refractivity contribution in [2.75, 3.05) is 34.2 Å². The Kier molecular flexibility index (Phi) is 38.3. The van der Waals surface area contributed by atoms with Gasteiger partial charge in [-0.15, -0.1) is 0 Å². The highest BCUT2D eigenvalue weighted by molar-refractivity contribution is 5.70. The SMILES string of the molecule is CC/C=C\CC1C(CC(=O)OC(CCCCCCCC/C=C\C/C=C\CCCCC)CCCCCCCC/C=C\C/C=C\CCCCC)CCC1OC(=O)N(C)CCN(C)C. The zero-order chi connectivity index (χ0) is 44.4. The van der Waals surface area contributed by atoms with Crippen LogP contribution in [0.25, 0.3) is 0 Å². The van der Waals surface area contributed by atoms with Crippen molar-refractivity contribution < 1.29 is 19.1 Å². The lowest BCUT2D eigenvalue weighted by Gasteiger charge is -2.27. The molecule has 3 atom stereocenters. The van der Waals surface area contributed by atoms with Crippen LogP contribution in [-0.2, 0) is 14.3 Å². The van der Waals surface area contributed by atoms with Crippen LogP contribution in [0.4, 0.5) is 4.79 Å². The average Bonchev–Trinajstić information content (AvgIpc) is 3.61. The maximum Gasteiger partial charge on any atom is 0.409 e. The van der Waals surface area contributed by atoms with Crippen molar-refractivity contribution in [1.82, 2.24) is 9.80 Å². The zero-order valence-corrected chi connectivity index (χ0v) is 40.9. The van der Waals surface area contributed by atoms with E-state index >= 15 is 0 Å². The van der Waals surface area contributed by atoms with Gasteiger partial charge in [0.2, 0.25) is 0 Å². The molecule has 0 aromatic rings. The summed E-state index contributed by atoms with van der Waals surface area (Å²) in [7, 11) is 5.83. The molecule has 1 fully saturated rings. The first-order chi connectivity index (χ1) is 29.8. The Hall–Kier alpha value is -2.60. The number of carbonyl (C=O) groups is 2. The molecule has 0 aromatic carbocycles. The van der Waals surface area contributed by atoms with Gasteiger partial charge in [-0.2, -0.15) is 0 Å². The second-order valence-corrected chi connectivity index (χ2v) is 18.3. The largest absolute Gasteiger partial charge is 0.462 e. The number of allylic oxidation sites excluding steroid dienone is 10. The van der Waals surface area contributed by atoms with E-state index in [0.29, 0.717) is 13.0 Å². The Balaban J connectivity index is 2.58. The lowest BCUT2D eigenvalue weighted by Crippen LogP contribution is -2.37. The van der Waals surface area contributed by atoms with Crippen LogP contribution in [0.5, 0.6) is 0 Å². The molecule has 0 aromatic heterocycles. The molecular formula is C55H98N2O4. The molecule has 0 bridgehead atoms.